The van der Waals surface area contributed by atoms with Gasteiger partial charge in [-0.25, -0.2) is 5.19 Å². The third-order valence-corrected chi connectivity index (χ3v) is 16.4. The van der Waals surface area contributed by atoms with E-state index < -0.39 is 7.89 Å². The van der Waals surface area contributed by atoms with Gasteiger partial charge in [-0.3, -0.25) is 0 Å². The quantitative estimate of drug-likeness (QED) is 0.165. The molecule has 0 N–H and O–H groups in total. The van der Waals surface area contributed by atoms with E-state index in [1.54, 1.807) is 48.9 Å². The maximum atomic E-state index is 2.62. The van der Waals surface area contributed by atoms with Crippen LogP contribution in [-0.4, -0.2) is 16.5 Å². The summed E-state index contributed by atoms with van der Waals surface area (Å²) >= 11 is 0. The fraction of sp³-hybridized carbons (Fsp3) is 0.600. The van der Waals surface area contributed by atoms with E-state index in [-0.39, 0.29) is 51.4 Å². The third kappa shape index (κ3) is 9.98. The smallest absolute Gasteiger partial charge is 0.408 e. The molecule has 0 unspecified atom stereocenters. The zero-order chi connectivity index (χ0) is 35.7. The number of hydrogen-bond acceptors (Lipinski definition) is 0. The molecule has 3 aromatic rings. The zero-order valence-corrected chi connectivity index (χ0v) is 39.8. The maximum Gasteiger partial charge on any atom is 1.00 e. The summed E-state index contributed by atoms with van der Waals surface area (Å²) in [5.74, 6) is 4.45. The number of hydrogen-bond donors (Lipinski definition) is 0. The number of benzene rings is 3. The fourth-order valence-electron chi connectivity index (χ4n) is 6.96. The summed E-state index contributed by atoms with van der Waals surface area (Å²) < 4.78 is 0. The third-order valence-electron chi connectivity index (χ3n) is 10.1. The molecule has 3 heteroatoms. The SMILES string of the molecule is CC(C)c1cc(C(C)C)c([Si-]=[Si](c2c(C(C)C)cc(C(C)C)cc2C(C)C)c2c(C(C)C)cc(C(C)C)cc2C(C)C)c(C(C)C)c1.[K+]. The molecule has 258 valence electrons. The van der Waals surface area contributed by atoms with Crippen LogP contribution in [0, 0.1) is 0 Å². The van der Waals surface area contributed by atoms with Gasteiger partial charge in [0.25, 0.3) is 0 Å². The van der Waals surface area contributed by atoms with Crippen LogP contribution in [0.1, 0.15) is 228 Å². The molecule has 0 bridgehead atoms. The Morgan fingerprint density at radius 2 is 0.542 bits per heavy atom. The first-order valence-electron chi connectivity index (χ1n) is 19.0. The van der Waals surface area contributed by atoms with Crippen molar-refractivity contribution in [2.45, 2.75) is 178 Å². The van der Waals surface area contributed by atoms with Gasteiger partial charge >= 0.3 is 51.4 Å². The molecule has 0 saturated heterocycles. The van der Waals surface area contributed by atoms with E-state index >= 15 is 0 Å². The average molecular weight is 705 g/mol. The van der Waals surface area contributed by atoms with E-state index in [0.29, 0.717) is 53.3 Å². The first-order chi connectivity index (χ1) is 21.8. The van der Waals surface area contributed by atoms with Crippen molar-refractivity contribution >= 4 is 32.1 Å². The summed E-state index contributed by atoms with van der Waals surface area (Å²) in [7, 11) is -0.484. The fourth-order valence-corrected chi connectivity index (χ4v) is 15.4. The molecule has 0 atom stereocenters. The average Bonchev–Trinajstić information content (AvgIpc) is 2.97. The van der Waals surface area contributed by atoms with Crippen molar-refractivity contribution in [3.8, 4) is 0 Å². The van der Waals surface area contributed by atoms with Crippen LogP contribution in [0.3, 0.4) is 0 Å². The van der Waals surface area contributed by atoms with Crippen LogP contribution in [0.4, 0.5) is 0 Å². The van der Waals surface area contributed by atoms with Crippen molar-refractivity contribution in [3.63, 3.8) is 0 Å². The van der Waals surface area contributed by atoms with Gasteiger partial charge in [0.05, 0.1) is 0 Å². The Hall–Kier alpha value is -0.270. The predicted molar refractivity (Wildman–Crippen MR) is 217 cm³/mol. The topological polar surface area (TPSA) is 0 Å². The van der Waals surface area contributed by atoms with Gasteiger partial charge < -0.3 is 8.61 Å². The van der Waals surface area contributed by atoms with Crippen molar-refractivity contribution in [1.29, 1.82) is 0 Å². The second-order valence-corrected chi connectivity index (χ2v) is 21.9. The molecule has 0 radical (unpaired) electrons. The summed E-state index contributed by atoms with van der Waals surface area (Å²) in [6, 6.07) is 15.7. The summed E-state index contributed by atoms with van der Waals surface area (Å²) in [5, 5.41) is 5.12. The van der Waals surface area contributed by atoms with Gasteiger partial charge in [-0.15, -0.1) is 7.89 Å². The molecule has 0 fully saturated rings. The van der Waals surface area contributed by atoms with Crippen LogP contribution in [-0.2, 0) is 0 Å². The van der Waals surface area contributed by atoms with Crippen molar-refractivity contribution in [2.75, 3.05) is 0 Å². The molecule has 0 aliphatic heterocycles. The molecule has 0 aromatic heterocycles. The van der Waals surface area contributed by atoms with Gasteiger partial charge in [-0.2, -0.15) is 0 Å². The minimum absolute atomic E-state index is 0. The maximum absolute atomic E-state index is 2.62. The second-order valence-electron chi connectivity index (χ2n) is 17.1. The Morgan fingerprint density at radius 1 is 0.333 bits per heavy atom. The van der Waals surface area contributed by atoms with E-state index in [1.807, 2.05) is 0 Å². The molecular formula is C45H69KSi2. The monoisotopic (exact) mass is 704 g/mol. The Balaban J connectivity index is 0.00000800. The molecule has 48 heavy (non-hydrogen) atoms. The van der Waals surface area contributed by atoms with Crippen LogP contribution in [0.5, 0.6) is 0 Å². The van der Waals surface area contributed by atoms with Crippen LogP contribution >= 0.6 is 0 Å². The van der Waals surface area contributed by atoms with Gasteiger partial charge in [0, 0.05) is 0 Å². The molecule has 0 spiro atoms. The van der Waals surface area contributed by atoms with Crippen LogP contribution < -0.4 is 66.9 Å². The van der Waals surface area contributed by atoms with Crippen molar-refractivity contribution < 1.29 is 51.4 Å². The molecule has 0 amide bonds. The van der Waals surface area contributed by atoms with Gasteiger partial charge in [0.2, 0.25) is 0 Å². The molecule has 0 saturated carbocycles. The Morgan fingerprint density at radius 3 is 0.729 bits per heavy atom. The van der Waals surface area contributed by atoms with Crippen molar-refractivity contribution in [2.24, 2.45) is 0 Å². The Bertz CT molecular complexity index is 1400. The summed E-state index contributed by atoms with van der Waals surface area (Å²) in [4.78, 5) is 0. The minimum Gasteiger partial charge on any atom is -0.408 e. The van der Waals surface area contributed by atoms with E-state index in [4.69, 9.17) is 0 Å². The van der Waals surface area contributed by atoms with Crippen LogP contribution in [0.15, 0.2) is 36.4 Å². The molecule has 0 heterocycles. The largest absolute Gasteiger partial charge is 1.00 e. The summed E-state index contributed by atoms with van der Waals surface area (Å²) in [6.07, 6.45) is 0. The zero-order valence-electron chi connectivity index (χ0n) is 34.7. The molecule has 0 nitrogen and oxygen atoms in total. The van der Waals surface area contributed by atoms with Crippen LogP contribution in [0.2, 0.25) is 0 Å². The first kappa shape index (κ1) is 43.9. The van der Waals surface area contributed by atoms with Crippen LogP contribution in [0.25, 0.3) is 0 Å². The minimum atomic E-state index is -1.25. The molecule has 0 aliphatic carbocycles. The molecule has 3 aromatic carbocycles. The van der Waals surface area contributed by atoms with E-state index in [1.165, 1.54) is 16.7 Å². The van der Waals surface area contributed by atoms with E-state index in [2.05, 4.69) is 161 Å². The van der Waals surface area contributed by atoms with Gasteiger partial charge in [0.15, 0.2) is 0 Å². The van der Waals surface area contributed by atoms with Crippen molar-refractivity contribution in [3.05, 3.63) is 86.5 Å². The van der Waals surface area contributed by atoms with Gasteiger partial charge in [-0.05, 0) is 92.2 Å². The molecule has 0 aliphatic rings. The summed E-state index contributed by atoms with van der Waals surface area (Å²) in [6.45, 7) is 43.5. The van der Waals surface area contributed by atoms with E-state index in [9.17, 15) is 0 Å². The first-order valence-corrected chi connectivity index (χ1v) is 22.5. The summed E-state index contributed by atoms with van der Waals surface area (Å²) in [5.41, 5.74) is 14.1. The molecule has 3 rings (SSSR count). The van der Waals surface area contributed by atoms with E-state index in [0.717, 1.165) is 8.61 Å². The van der Waals surface area contributed by atoms with Gasteiger partial charge in [0.1, 0.15) is 0 Å². The number of rotatable bonds is 12. The Labute approximate surface area is 344 Å². The van der Waals surface area contributed by atoms with Crippen molar-refractivity contribution in [1.82, 2.24) is 0 Å². The molecular weight excluding hydrogens is 636 g/mol. The standard InChI is InChI=1S/C45H69Si2.K/c1-25(2)34-19-37(28(7)8)43(38(20-34)29(9)10)46-47(44-39(30(11)12)21-35(26(3)4)22-40(44)31(13)14)45-41(32(15)16)23-36(27(5)6)24-42(45)33(17)18;/h19-33H,1-18H3;/q-1;+1. The normalized spacial score (nSPS) is 12.2. The second kappa shape index (κ2) is 18.5. The predicted octanol–water partition coefficient (Wildman–Crippen LogP) is 8.94. The Kier molecular flexibility index (Phi) is 16.9. The van der Waals surface area contributed by atoms with Gasteiger partial charge in [-0.1, -0.05) is 183 Å².